The molecule has 0 unspecified atom stereocenters. The lowest BCUT2D eigenvalue weighted by molar-refractivity contribution is -0.121. The van der Waals surface area contributed by atoms with Gasteiger partial charge in [-0.05, 0) is 48.9 Å². The van der Waals surface area contributed by atoms with Gasteiger partial charge in [-0.2, -0.15) is 9.40 Å². The number of benzene rings is 2. The predicted molar refractivity (Wildman–Crippen MR) is 133 cm³/mol. The zero-order chi connectivity index (χ0) is 24.3. The van der Waals surface area contributed by atoms with Gasteiger partial charge in [0.25, 0.3) is 0 Å². The lowest BCUT2D eigenvalue weighted by Crippen LogP contribution is -2.41. The number of sulfonamides is 1. The summed E-state index contributed by atoms with van der Waals surface area (Å²) in [5, 5.41) is 7.33. The van der Waals surface area contributed by atoms with Gasteiger partial charge in [-0.3, -0.25) is 4.79 Å². The van der Waals surface area contributed by atoms with Crippen molar-refractivity contribution in [2.75, 3.05) is 18.4 Å². The number of anilines is 1. The number of aromatic nitrogens is 2. The lowest BCUT2D eigenvalue weighted by atomic mass is 9.97. The summed E-state index contributed by atoms with van der Waals surface area (Å²) in [6, 6.07) is 17.1. The third kappa shape index (κ3) is 5.39. The highest BCUT2D eigenvalue weighted by atomic mass is 32.2. The smallest absolute Gasteiger partial charge is 0.243 e. The Morgan fingerprint density at radius 2 is 1.68 bits per heavy atom. The molecule has 7 nitrogen and oxygen atoms in total. The van der Waals surface area contributed by atoms with Gasteiger partial charge in [-0.15, -0.1) is 0 Å². The van der Waals surface area contributed by atoms with Gasteiger partial charge < -0.3 is 5.32 Å². The normalized spacial score (nSPS) is 15.5. The molecule has 34 heavy (non-hydrogen) atoms. The zero-order valence-electron chi connectivity index (χ0n) is 19.9. The van der Waals surface area contributed by atoms with Gasteiger partial charge in [0.2, 0.25) is 15.9 Å². The monoisotopic (exact) mass is 480 g/mol. The molecule has 8 heteroatoms. The van der Waals surface area contributed by atoms with Crippen LogP contribution in [0.15, 0.2) is 65.7 Å². The summed E-state index contributed by atoms with van der Waals surface area (Å²) in [6.45, 7) is 7.42. The van der Waals surface area contributed by atoms with Crippen LogP contribution in [0.4, 0.5) is 5.82 Å². The second-order valence-electron chi connectivity index (χ2n) is 9.25. The van der Waals surface area contributed by atoms with Crippen molar-refractivity contribution in [1.29, 1.82) is 0 Å². The van der Waals surface area contributed by atoms with Crippen molar-refractivity contribution in [1.82, 2.24) is 14.1 Å². The summed E-state index contributed by atoms with van der Waals surface area (Å²) >= 11 is 0. The van der Waals surface area contributed by atoms with Gasteiger partial charge in [-0.25, -0.2) is 13.1 Å². The topological polar surface area (TPSA) is 84.3 Å². The molecule has 1 aliphatic heterocycles. The second kappa shape index (κ2) is 10.1. The van der Waals surface area contributed by atoms with Crippen LogP contribution in [0.5, 0.6) is 0 Å². The van der Waals surface area contributed by atoms with Crippen LogP contribution in [0.25, 0.3) is 0 Å². The fraction of sp³-hybridized carbons (Fsp3) is 0.385. The lowest BCUT2D eigenvalue weighted by Gasteiger charge is -2.30. The molecule has 2 aromatic carbocycles. The first-order valence-electron chi connectivity index (χ1n) is 11.7. The fourth-order valence-corrected chi connectivity index (χ4v) is 5.66. The highest BCUT2D eigenvalue weighted by Gasteiger charge is 2.32. The van der Waals surface area contributed by atoms with E-state index in [1.54, 1.807) is 29.1 Å². The van der Waals surface area contributed by atoms with Crippen LogP contribution in [-0.4, -0.2) is 41.5 Å². The number of aryl methyl sites for hydroxylation is 1. The second-order valence-corrected chi connectivity index (χ2v) is 11.2. The molecule has 0 radical (unpaired) electrons. The van der Waals surface area contributed by atoms with Crippen molar-refractivity contribution in [3.8, 4) is 0 Å². The molecule has 4 rings (SSSR count). The molecule has 0 atom stereocenters. The van der Waals surface area contributed by atoms with Crippen LogP contribution in [0.2, 0.25) is 0 Å². The number of carbonyl (C=O) groups excluding carboxylic acids is 1. The number of hydrogen-bond donors (Lipinski definition) is 1. The quantitative estimate of drug-likeness (QED) is 0.543. The maximum atomic E-state index is 13.1. The summed E-state index contributed by atoms with van der Waals surface area (Å²) in [6.07, 6.45) is 2.64. The molecule has 1 fully saturated rings. The minimum absolute atomic E-state index is 0.0935. The Bertz CT molecular complexity index is 1220. The molecule has 0 saturated carbocycles. The minimum Gasteiger partial charge on any atom is -0.311 e. The van der Waals surface area contributed by atoms with E-state index in [0.717, 1.165) is 11.1 Å². The Hall–Kier alpha value is -2.97. The van der Waals surface area contributed by atoms with E-state index in [9.17, 15) is 13.2 Å². The number of piperidine rings is 1. The van der Waals surface area contributed by atoms with Crippen molar-refractivity contribution in [3.05, 3.63) is 77.5 Å². The fourth-order valence-electron chi connectivity index (χ4n) is 4.19. The zero-order valence-corrected chi connectivity index (χ0v) is 20.8. The number of nitrogens with zero attached hydrogens (tertiary/aromatic N) is 3. The van der Waals surface area contributed by atoms with Gasteiger partial charge >= 0.3 is 0 Å². The number of rotatable bonds is 7. The molecule has 2 heterocycles. The molecule has 3 aromatic rings. The average molecular weight is 481 g/mol. The van der Waals surface area contributed by atoms with Gasteiger partial charge in [-0.1, -0.05) is 55.8 Å². The van der Waals surface area contributed by atoms with E-state index >= 15 is 0 Å². The van der Waals surface area contributed by atoms with Crippen molar-refractivity contribution >= 4 is 21.7 Å². The number of carbonyl (C=O) groups is 1. The Labute approximate surface area is 201 Å². The first-order chi connectivity index (χ1) is 16.2. The van der Waals surface area contributed by atoms with E-state index in [2.05, 4.69) is 48.5 Å². The third-order valence-electron chi connectivity index (χ3n) is 6.43. The van der Waals surface area contributed by atoms with Crippen LogP contribution in [0.1, 0.15) is 49.3 Å². The summed E-state index contributed by atoms with van der Waals surface area (Å²) in [7, 11) is -3.56. The molecule has 1 amide bonds. The first kappa shape index (κ1) is 24.2. The summed E-state index contributed by atoms with van der Waals surface area (Å²) in [4.78, 5) is 13.2. The first-order valence-corrected chi connectivity index (χ1v) is 13.2. The van der Waals surface area contributed by atoms with Crippen LogP contribution >= 0.6 is 0 Å². The van der Waals surface area contributed by atoms with Crippen molar-refractivity contribution in [2.45, 2.75) is 51.0 Å². The maximum absolute atomic E-state index is 13.1. The van der Waals surface area contributed by atoms with Crippen LogP contribution in [-0.2, 0) is 21.4 Å². The van der Waals surface area contributed by atoms with Crippen LogP contribution < -0.4 is 5.32 Å². The molecular formula is C26H32N4O3S. The van der Waals surface area contributed by atoms with E-state index in [0.29, 0.717) is 49.1 Å². The Balaban J connectivity index is 1.35. The van der Waals surface area contributed by atoms with Gasteiger partial charge in [0.15, 0.2) is 0 Å². The molecule has 1 saturated heterocycles. The van der Waals surface area contributed by atoms with E-state index in [1.807, 2.05) is 19.1 Å². The van der Waals surface area contributed by atoms with Gasteiger partial charge in [0.05, 0.1) is 17.6 Å². The highest BCUT2D eigenvalue weighted by molar-refractivity contribution is 7.89. The Kier molecular flexibility index (Phi) is 7.19. The maximum Gasteiger partial charge on any atom is 0.243 e. The standard InChI is InChI=1S/C26H32N4O3S/c1-19(2)22-8-10-24(11-9-22)34(32,33)29-16-13-23(14-17-29)26(31)28-25-12-15-27-30(25)18-21-6-4-20(3)5-7-21/h4-12,15,19,23H,13-14,16-18H2,1-3H3,(H,28,31). The largest absolute Gasteiger partial charge is 0.311 e. The third-order valence-corrected chi connectivity index (χ3v) is 8.34. The average Bonchev–Trinajstić information content (AvgIpc) is 3.27. The van der Waals surface area contributed by atoms with Crippen molar-refractivity contribution in [3.63, 3.8) is 0 Å². The number of nitrogens with one attached hydrogen (secondary N) is 1. The van der Waals surface area contributed by atoms with E-state index < -0.39 is 10.0 Å². The molecular weight excluding hydrogens is 448 g/mol. The molecule has 0 bridgehead atoms. The van der Waals surface area contributed by atoms with E-state index in [-0.39, 0.29) is 11.8 Å². The Morgan fingerprint density at radius 3 is 2.29 bits per heavy atom. The van der Waals surface area contributed by atoms with Crippen LogP contribution in [0, 0.1) is 12.8 Å². The molecule has 0 spiro atoms. The molecule has 0 aliphatic carbocycles. The summed E-state index contributed by atoms with van der Waals surface area (Å²) in [5.74, 6) is 0.659. The number of hydrogen-bond acceptors (Lipinski definition) is 4. The van der Waals surface area contributed by atoms with Gasteiger partial charge in [0, 0.05) is 25.1 Å². The molecule has 1 aromatic heterocycles. The van der Waals surface area contributed by atoms with E-state index in [4.69, 9.17) is 0 Å². The van der Waals surface area contributed by atoms with Crippen molar-refractivity contribution in [2.24, 2.45) is 5.92 Å². The molecule has 1 N–H and O–H groups in total. The van der Waals surface area contributed by atoms with E-state index in [1.165, 1.54) is 9.87 Å². The highest BCUT2D eigenvalue weighted by Crippen LogP contribution is 2.26. The number of amides is 1. The SMILES string of the molecule is Cc1ccc(Cn2nccc2NC(=O)C2CCN(S(=O)(=O)c3ccc(C(C)C)cc3)CC2)cc1. The molecule has 1 aliphatic rings. The van der Waals surface area contributed by atoms with Crippen molar-refractivity contribution < 1.29 is 13.2 Å². The minimum atomic E-state index is -3.56. The summed E-state index contributed by atoms with van der Waals surface area (Å²) < 4.78 is 29.4. The summed E-state index contributed by atoms with van der Waals surface area (Å²) in [5.41, 5.74) is 3.40. The van der Waals surface area contributed by atoms with Gasteiger partial charge in [0.1, 0.15) is 5.82 Å². The molecule has 180 valence electrons. The van der Waals surface area contributed by atoms with Crippen LogP contribution in [0.3, 0.4) is 0 Å². The predicted octanol–water partition coefficient (Wildman–Crippen LogP) is 4.40. The Morgan fingerprint density at radius 1 is 1.03 bits per heavy atom.